The molecule has 2 aliphatic rings. The fourth-order valence-electron chi connectivity index (χ4n) is 3.08. The van der Waals surface area contributed by atoms with E-state index in [1.165, 1.54) is 38.3 Å². The lowest BCUT2D eigenvalue weighted by Crippen LogP contribution is -2.32. The highest BCUT2D eigenvalue weighted by Crippen LogP contribution is 2.20. The summed E-state index contributed by atoms with van der Waals surface area (Å²) in [5.41, 5.74) is 0.354. The highest BCUT2D eigenvalue weighted by molar-refractivity contribution is 5.92. The average molecular weight is 304 g/mol. The van der Waals surface area contributed by atoms with Crippen LogP contribution < -0.4 is 10.6 Å². The van der Waals surface area contributed by atoms with Crippen molar-refractivity contribution in [2.75, 3.05) is 18.5 Å². The largest absolute Gasteiger partial charge is 0.376 e. The van der Waals surface area contributed by atoms with Crippen LogP contribution in [0.5, 0.6) is 0 Å². The van der Waals surface area contributed by atoms with Crippen molar-refractivity contribution in [3.05, 3.63) is 18.1 Å². The zero-order valence-corrected chi connectivity index (χ0v) is 12.9. The number of aromatic nitrogens is 2. The number of nitrogens with zero attached hydrogens (tertiary/aromatic N) is 2. The van der Waals surface area contributed by atoms with Gasteiger partial charge in [0.25, 0.3) is 5.91 Å². The van der Waals surface area contributed by atoms with Crippen LogP contribution in [0.25, 0.3) is 0 Å². The molecule has 1 atom stereocenters. The lowest BCUT2D eigenvalue weighted by Gasteiger charge is -2.23. The average Bonchev–Trinajstić information content (AvgIpc) is 3.08. The van der Waals surface area contributed by atoms with Crippen molar-refractivity contribution in [1.82, 2.24) is 15.3 Å². The van der Waals surface area contributed by atoms with Gasteiger partial charge in [0.2, 0.25) is 0 Å². The summed E-state index contributed by atoms with van der Waals surface area (Å²) < 4.78 is 5.48. The Hall–Kier alpha value is -1.69. The minimum absolute atomic E-state index is 0.143. The Labute approximate surface area is 131 Å². The standard InChI is InChI=1S/C16H24N4O2/c21-16(19-9-13-7-4-8-22-13)14-10-18-15(11-17-14)20-12-5-2-1-3-6-12/h10-13H,1-9H2,(H,18,20)(H,19,21). The van der Waals surface area contributed by atoms with Gasteiger partial charge in [-0.25, -0.2) is 9.97 Å². The summed E-state index contributed by atoms with van der Waals surface area (Å²) in [6.07, 6.45) is 11.7. The molecule has 6 heteroatoms. The lowest BCUT2D eigenvalue weighted by molar-refractivity contribution is 0.0853. The van der Waals surface area contributed by atoms with Crippen LogP contribution in [0.15, 0.2) is 12.4 Å². The van der Waals surface area contributed by atoms with E-state index in [-0.39, 0.29) is 12.0 Å². The second kappa shape index (κ2) is 7.54. The van der Waals surface area contributed by atoms with Crippen LogP contribution in [0.4, 0.5) is 5.82 Å². The Morgan fingerprint density at radius 3 is 2.68 bits per heavy atom. The molecule has 120 valence electrons. The number of carbonyl (C=O) groups is 1. The van der Waals surface area contributed by atoms with Gasteiger partial charge >= 0.3 is 0 Å². The van der Waals surface area contributed by atoms with Gasteiger partial charge in [-0.05, 0) is 25.7 Å². The highest BCUT2D eigenvalue weighted by atomic mass is 16.5. The Morgan fingerprint density at radius 2 is 2.00 bits per heavy atom. The molecule has 0 spiro atoms. The van der Waals surface area contributed by atoms with Crippen molar-refractivity contribution >= 4 is 11.7 Å². The Balaban J connectivity index is 1.48. The Bertz CT molecular complexity index is 479. The minimum atomic E-state index is -0.188. The monoisotopic (exact) mass is 304 g/mol. The summed E-state index contributed by atoms with van der Waals surface area (Å²) in [4.78, 5) is 20.5. The number of hydrogen-bond donors (Lipinski definition) is 2. The number of hydrogen-bond acceptors (Lipinski definition) is 5. The van der Waals surface area contributed by atoms with E-state index < -0.39 is 0 Å². The van der Waals surface area contributed by atoms with Crippen molar-refractivity contribution in [2.45, 2.75) is 57.1 Å². The molecule has 2 fully saturated rings. The molecule has 1 saturated carbocycles. The zero-order chi connectivity index (χ0) is 15.2. The van der Waals surface area contributed by atoms with E-state index in [0.717, 1.165) is 25.3 Å². The van der Waals surface area contributed by atoms with Gasteiger partial charge in [-0.2, -0.15) is 0 Å². The summed E-state index contributed by atoms with van der Waals surface area (Å²) in [5, 5.41) is 6.25. The summed E-state index contributed by atoms with van der Waals surface area (Å²) in [7, 11) is 0. The van der Waals surface area contributed by atoms with E-state index in [1.54, 1.807) is 6.20 Å². The normalized spacial score (nSPS) is 22.5. The topological polar surface area (TPSA) is 76.1 Å². The molecular weight excluding hydrogens is 280 g/mol. The first kappa shape index (κ1) is 15.2. The molecule has 1 aliphatic heterocycles. The van der Waals surface area contributed by atoms with E-state index >= 15 is 0 Å². The van der Waals surface area contributed by atoms with Crippen LogP contribution in [-0.2, 0) is 4.74 Å². The third kappa shape index (κ3) is 4.16. The first-order valence-electron chi connectivity index (χ1n) is 8.29. The molecule has 22 heavy (non-hydrogen) atoms. The first-order chi connectivity index (χ1) is 10.8. The maximum absolute atomic E-state index is 12.0. The van der Waals surface area contributed by atoms with Crippen LogP contribution in [0.3, 0.4) is 0 Å². The minimum Gasteiger partial charge on any atom is -0.376 e. The SMILES string of the molecule is O=C(NCC1CCCO1)c1cnc(NC2CCCCC2)cn1. The van der Waals surface area contributed by atoms with Crippen molar-refractivity contribution in [3.8, 4) is 0 Å². The summed E-state index contributed by atoms with van der Waals surface area (Å²) in [5.74, 6) is 0.565. The Kier molecular flexibility index (Phi) is 5.21. The van der Waals surface area contributed by atoms with Crippen LogP contribution in [0.1, 0.15) is 55.4 Å². The van der Waals surface area contributed by atoms with E-state index in [0.29, 0.717) is 18.3 Å². The molecule has 0 radical (unpaired) electrons. The number of carbonyl (C=O) groups excluding carboxylic acids is 1. The predicted octanol–water partition coefficient (Wildman–Crippen LogP) is 2.13. The molecule has 1 amide bonds. The number of rotatable bonds is 5. The smallest absolute Gasteiger partial charge is 0.271 e. The molecule has 2 heterocycles. The zero-order valence-electron chi connectivity index (χ0n) is 12.9. The van der Waals surface area contributed by atoms with Gasteiger partial charge in [-0.15, -0.1) is 0 Å². The maximum Gasteiger partial charge on any atom is 0.271 e. The molecule has 1 unspecified atom stereocenters. The van der Waals surface area contributed by atoms with Crippen LogP contribution in [-0.4, -0.2) is 41.2 Å². The van der Waals surface area contributed by atoms with Crippen LogP contribution >= 0.6 is 0 Å². The fourth-order valence-corrected chi connectivity index (χ4v) is 3.08. The van der Waals surface area contributed by atoms with E-state index in [9.17, 15) is 4.79 Å². The van der Waals surface area contributed by atoms with Gasteiger partial charge in [-0.3, -0.25) is 4.79 Å². The van der Waals surface area contributed by atoms with Crippen LogP contribution in [0, 0.1) is 0 Å². The van der Waals surface area contributed by atoms with E-state index in [1.807, 2.05) is 0 Å². The van der Waals surface area contributed by atoms with Crippen molar-refractivity contribution in [3.63, 3.8) is 0 Å². The van der Waals surface area contributed by atoms with Gasteiger partial charge in [0.05, 0.1) is 18.5 Å². The van der Waals surface area contributed by atoms with Gasteiger partial charge in [0, 0.05) is 19.2 Å². The maximum atomic E-state index is 12.0. The number of ether oxygens (including phenoxy) is 1. The second-order valence-corrected chi connectivity index (χ2v) is 6.11. The Morgan fingerprint density at radius 1 is 1.14 bits per heavy atom. The van der Waals surface area contributed by atoms with Gasteiger partial charge in [-0.1, -0.05) is 19.3 Å². The van der Waals surface area contributed by atoms with Crippen molar-refractivity contribution < 1.29 is 9.53 Å². The molecular formula is C16H24N4O2. The summed E-state index contributed by atoms with van der Waals surface area (Å²) in [6, 6.07) is 0.488. The second-order valence-electron chi connectivity index (χ2n) is 6.11. The first-order valence-corrected chi connectivity index (χ1v) is 8.29. The van der Waals surface area contributed by atoms with Gasteiger partial charge in [0.1, 0.15) is 11.5 Å². The fraction of sp³-hybridized carbons (Fsp3) is 0.688. The molecule has 1 aromatic rings. The molecule has 6 nitrogen and oxygen atoms in total. The third-order valence-electron chi connectivity index (χ3n) is 4.36. The number of anilines is 1. The molecule has 2 N–H and O–H groups in total. The molecule has 1 saturated heterocycles. The highest BCUT2D eigenvalue weighted by Gasteiger charge is 2.18. The van der Waals surface area contributed by atoms with Gasteiger partial charge in [0.15, 0.2) is 0 Å². The molecule has 0 bridgehead atoms. The summed E-state index contributed by atoms with van der Waals surface area (Å²) in [6.45, 7) is 1.34. The number of amides is 1. The number of nitrogens with one attached hydrogen (secondary N) is 2. The lowest BCUT2D eigenvalue weighted by atomic mass is 9.96. The van der Waals surface area contributed by atoms with Crippen molar-refractivity contribution in [2.24, 2.45) is 0 Å². The van der Waals surface area contributed by atoms with Crippen LogP contribution in [0.2, 0.25) is 0 Å². The molecule has 1 aliphatic carbocycles. The predicted molar refractivity (Wildman–Crippen MR) is 83.8 cm³/mol. The quantitative estimate of drug-likeness (QED) is 0.871. The molecule has 0 aromatic carbocycles. The molecule has 3 rings (SSSR count). The third-order valence-corrected chi connectivity index (χ3v) is 4.36. The van der Waals surface area contributed by atoms with E-state index in [4.69, 9.17) is 4.74 Å². The van der Waals surface area contributed by atoms with E-state index in [2.05, 4.69) is 20.6 Å². The van der Waals surface area contributed by atoms with Gasteiger partial charge < -0.3 is 15.4 Å². The van der Waals surface area contributed by atoms with Crippen molar-refractivity contribution in [1.29, 1.82) is 0 Å². The molecule has 1 aromatic heterocycles. The summed E-state index contributed by atoms with van der Waals surface area (Å²) >= 11 is 0.